The summed E-state index contributed by atoms with van der Waals surface area (Å²) in [7, 11) is 0. The lowest BCUT2D eigenvalue weighted by molar-refractivity contribution is 0.0998. The van der Waals surface area contributed by atoms with Crippen LogP contribution in [0, 0.1) is 24.0 Å². The zero-order valence-corrected chi connectivity index (χ0v) is 13.7. The molecule has 0 radical (unpaired) electrons. The molecule has 3 rings (SSSR count). The van der Waals surface area contributed by atoms with Gasteiger partial charge in [-0.1, -0.05) is 41.0 Å². The lowest BCUT2D eigenvalue weighted by Gasteiger charge is -2.01. The number of carbonyl (C=O) groups is 1. The van der Waals surface area contributed by atoms with Crippen LogP contribution < -0.4 is 4.80 Å². The second kappa shape index (κ2) is 6.56. The second-order valence-electron chi connectivity index (χ2n) is 4.81. The maximum atomic E-state index is 14.1. The van der Waals surface area contributed by atoms with Crippen molar-refractivity contribution < 1.29 is 13.6 Å². The van der Waals surface area contributed by atoms with E-state index in [9.17, 15) is 13.6 Å². The maximum absolute atomic E-state index is 14.1. The molecule has 7 heteroatoms. The molecule has 3 aromatic rings. The molecule has 0 fully saturated rings. The van der Waals surface area contributed by atoms with Crippen LogP contribution in [0.3, 0.4) is 0 Å². The number of terminal acetylenes is 1. The SMILES string of the molecule is C#CCn1c(=NC(=O)c2ccccc2Cl)sc2cc(F)cc(F)c21. The van der Waals surface area contributed by atoms with Gasteiger partial charge in [0.15, 0.2) is 10.6 Å². The molecule has 0 spiro atoms. The van der Waals surface area contributed by atoms with Crippen molar-refractivity contribution in [2.75, 3.05) is 0 Å². The average Bonchev–Trinajstić information content (AvgIpc) is 2.85. The Kier molecular flexibility index (Phi) is 4.47. The van der Waals surface area contributed by atoms with Gasteiger partial charge in [0.05, 0.1) is 27.3 Å². The van der Waals surface area contributed by atoms with E-state index < -0.39 is 17.5 Å². The Balaban J connectivity index is 2.24. The van der Waals surface area contributed by atoms with E-state index in [4.69, 9.17) is 18.0 Å². The van der Waals surface area contributed by atoms with Crippen molar-refractivity contribution in [3.05, 3.63) is 63.4 Å². The summed E-state index contributed by atoms with van der Waals surface area (Å²) in [6.07, 6.45) is 5.32. The first-order chi connectivity index (χ1) is 11.5. The zero-order valence-electron chi connectivity index (χ0n) is 12.1. The van der Waals surface area contributed by atoms with Crippen LogP contribution in [0.25, 0.3) is 10.2 Å². The molecular formula is C17H9ClF2N2OS. The number of rotatable bonds is 2. The summed E-state index contributed by atoms with van der Waals surface area (Å²) in [6, 6.07) is 8.39. The van der Waals surface area contributed by atoms with Crippen molar-refractivity contribution >= 4 is 39.1 Å². The van der Waals surface area contributed by atoms with Crippen LogP contribution in [0.5, 0.6) is 0 Å². The van der Waals surface area contributed by atoms with Gasteiger partial charge >= 0.3 is 0 Å². The van der Waals surface area contributed by atoms with E-state index in [1.54, 1.807) is 18.2 Å². The summed E-state index contributed by atoms with van der Waals surface area (Å²) in [6.45, 7) is -0.00279. The molecule has 120 valence electrons. The molecule has 0 aliphatic carbocycles. The number of carbonyl (C=O) groups excluding carboxylic acids is 1. The Bertz CT molecular complexity index is 1060. The quantitative estimate of drug-likeness (QED) is 0.634. The van der Waals surface area contributed by atoms with Gasteiger partial charge in [0.2, 0.25) is 0 Å². The smallest absolute Gasteiger partial charge is 0.281 e. The first-order valence-corrected chi connectivity index (χ1v) is 7.96. The number of amides is 1. The van der Waals surface area contributed by atoms with E-state index in [0.29, 0.717) is 4.70 Å². The van der Waals surface area contributed by atoms with Gasteiger partial charge in [-0.2, -0.15) is 4.99 Å². The molecule has 0 aliphatic rings. The molecule has 3 nitrogen and oxygen atoms in total. The van der Waals surface area contributed by atoms with E-state index in [2.05, 4.69) is 10.9 Å². The van der Waals surface area contributed by atoms with Crippen molar-refractivity contribution in [1.82, 2.24) is 4.57 Å². The number of nitrogens with zero attached hydrogens (tertiary/aromatic N) is 2. The number of aromatic nitrogens is 1. The summed E-state index contributed by atoms with van der Waals surface area (Å²) < 4.78 is 29.2. The monoisotopic (exact) mass is 362 g/mol. The fraction of sp³-hybridized carbons (Fsp3) is 0.0588. The van der Waals surface area contributed by atoms with Gasteiger partial charge < -0.3 is 4.57 Å². The first-order valence-electron chi connectivity index (χ1n) is 6.76. The fourth-order valence-corrected chi connectivity index (χ4v) is 3.52. The largest absolute Gasteiger partial charge is 0.302 e. The fourth-order valence-electron chi connectivity index (χ4n) is 2.23. The van der Waals surface area contributed by atoms with Crippen molar-refractivity contribution in [2.45, 2.75) is 6.54 Å². The van der Waals surface area contributed by atoms with Gasteiger partial charge in [-0.05, 0) is 18.2 Å². The lowest BCUT2D eigenvalue weighted by atomic mass is 10.2. The molecule has 0 N–H and O–H groups in total. The second-order valence-corrected chi connectivity index (χ2v) is 6.22. The predicted octanol–water partition coefficient (Wildman–Crippen LogP) is 4.01. The molecule has 0 bridgehead atoms. The number of fused-ring (bicyclic) bond motifs is 1. The van der Waals surface area contributed by atoms with Gasteiger partial charge in [0.25, 0.3) is 5.91 Å². The van der Waals surface area contributed by atoms with E-state index in [1.807, 2.05) is 0 Å². The van der Waals surface area contributed by atoms with Gasteiger partial charge in [-0.25, -0.2) is 8.78 Å². The van der Waals surface area contributed by atoms with Gasteiger partial charge in [0.1, 0.15) is 5.82 Å². The normalized spacial score (nSPS) is 11.7. The lowest BCUT2D eigenvalue weighted by Crippen LogP contribution is -2.17. The van der Waals surface area contributed by atoms with E-state index in [-0.39, 0.29) is 27.4 Å². The Morgan fingerprint density at radius 2 is 2.08 bits per heavy atom. The standard InChI is InChI=1S/C17H9ClF2N2OS/c1-2-7-22-15-13(20)8-10(19)9-14(15)24-17(22)21-16(23)11-5-3-4-6-12(11)18/h1,3-6,8-9H,7H2. The van der Waals surface area contributed by atoms with E-state index >= 15 is 0 Å². The van der Waals surface area contributed by atoms with Crippen LogP contribution >= 0.6 is 22.9 Å². The van der Waals surface area contributed by atoms with Gasteiger partial charge in [-0.15, -0.1) is 6.42 Å². The zero-order chi connectivity index (χ0) is 17.3. The summed E-state index contributed by atoms with van der Waals surface area (Å²) >= 11 is 6.96. The third kappa shape index (κ3) is 2.96. The Morgan fingerprint density at radius 3 is 2.79 bits per heavy atom. The molecule has 1 heterocycles. The van der Waals surface area contributed by atoms with Gasteiger partial charge in [0, 0.05) is 6.07 Å². The number of hydrogen-bond acceptors (Lipinski definition) is 2. The van der Waals surface area contributed by atoms with E-state index in [0.717, 1.165) is 17.4 Å². The molecule has 1 amide bonds. The predicted molar refractivity (Wildman–Crippen MR) is 89.9 cm³/mol. The van der Waals surface area contributed by atoms with Crippen molar-refractivity contribution in [3.63, 3.8) is 0 Å². The van der Waals surface area contributed by atoms with Crippen molar-refractivity contribution in [3.8, 4) is 12.3 Å². The molecule has 0 saturated carbocycles. The molecule has 0 unspecified atom stereocenters. The molecule has 2 aromatic carbocycles. The highest BCUT2D eigenvalue weighted by atomic mass is 35.5. The van der Waals surface area contributed by atoms with Crippen LogP contribution in [0.4, 0.5) is 8.78 Å². The number of thiazole rings is 1. The summed E-state index contributed by atoms with van der Waals surface area (Å²) in [4.78, 5) is 16.5. The van der Waals surface area contributed by atoms with Gasteiger partial charge in [-0.3, -0.25) is 4.79 Å². The van der Waals surface area contributed by atoms with Crippen LogP contribution in [0.15, 0.2) is 41.4 Å². The highest BCUT2D eigenvalue weighted by Crippen LogP contribution is 2.22. The highest BCUT2D eigenvalue weighted by Gasteiger charge is 2.14. The molecule has 0 saturated heterocycles. The molecule has 0 aliphatic heterocycles. The van der Waals surface area contributed by atoms with Crippen LogP contribution in [0.2, 0.25) is 5.02 Å². The van der Waals surface area contributed by atoms with Crippen LogP contribution in [-0.4, -0.2) is 10.5 Å². The summed E-state index contributed by atoms with van der Waals surface area (Å²) in [5.74, 6) is 0.325. The average molecular weight is 363 g/mol. The number of halogens is 3. The van der Waals surface area contributed by atoms with E-state index in [1.165, 1.54) is 16.7 Å². The molecular weight excluding hydrogens is 354 g/mol. The first kappa shape index (κ1) is 16.4. The Labute approximate surface area is 144 Å². The highest BCUT2D eigenvalue weighted by molar-refractivity contribution is 7.16. The minimum atomic E-state index is -0.761. The minimum absolute atomic E-state index is 0.00279. The third-order valence-electron chi connectivity index (χ3n) is 3.25. The van der Waals surface area contributed by atoms with Crippen LogP contribution in [-0.2, 0) is 6.54 Å². The number of hydrogen-bond donors (Lipinski definition) is 0. The summed E-state index contributed by atoms with van der Waals surface area (Å²) in [5, 5.41) is 0.257. The molecule has 24 heavy (non-hydrogen) atoms. The Morgan fingerprint density at radius 1 is 1.33 bits per heavy atom. The summed E-state index contributed by atoms with van der Waals surface area (Å²) in [5.41, 5.74) is 0.334. The molecule has 0 atom stereocenters. The third-order valence-corrected chi connectivity index (χ3v) is 4.60. The topological polar surface area (TPSA) is 34.4 Å². The Hall–Kier alpha value is -2.49. The van der Waals surface area contributed by atoms with Crippen molar-refractivity contribution in [2.24, 2.45) is 4.99 Å². The number of benzene rings is 2. The minimum Gasteiger partial charge on any atom is -0.302 e. The maximum Gasteiger partial charge on any atom is 0.281 e. The van der Waals surface area contributed by atoms with Crippen molar-refractivity contribution in [1.29, 1.82) is 0 Å². The molecule has 1 aromatic heterocycles. The van der Waals surface area contributed by atoms with Crippen LogP contribution in [0.1, 0.15) is 10.4 Å².